The highest BCUT2D eigenvalue weighted by atomic mass is 16.5. The Morgan fingerprint density at radius 1 is 1.19 bits per heavy atom. The van der Waals surface area contributed by atoms with Crippen LogP contribution < -0.4 is 4.74 Å². The van der Waals surface area contributed by atoms with Gasteiger partial charge in [-0.15, -0.1) is 0 Å². The molecule has 2 heterocycles. The normalized spacial score (nSPS) is 14.4. The number of ketones is 1. The fraction of sp³-hybridized carbons (Fsp3) is 0.522. The number of ether oxygens (including phenoxy) is 3. The molecule has 3 rings (SSSR count). The second-order valence-corrected chi connectivity index (χ2v) is 7.53. The molecule has 1 aliphatic rings. The van der Waals surface area contributed by atoms with E-state index < -0.39 is 5.97 Å². The van der Waals surface area contributed by atoms with Crippen molar-refractivity contribution < 1.29 is 23.8 Å². The highest BCUT2D eigenvalue weighted by Gasteiger charge is 2.23. The molecular weight excluding hydrogens is 398 g/mol. The number of carbonyl (C=O) groups excluding carboxylic acids is 2. The lowest BCUT2D eigenvalue weighted by Crippen LogP contribution is -2.38. The molecule has 1 saturated heterocycles. The Morgan fingerprint density at radius 3 is 2.68 bits per heavy atom. The maximum absolute atomic E-state index is 12.7. The van der Waals surface area contributed by atoms with E-state index in [9.17, 15) is 9.59 Å². The van der Waals surface area contributed by atoms with Crippen molar-refractivity contribution >= 4 is 11.8 Å². The van der Waals surface area contributed by atoms with E-state index in [0.717, 1.165) is 55.4 Å². The maximum Gasteiger partial charge on any atom is 0.313 e. The van der Waals surface area contributed by atoms with Crippen molar-refractivity contribution in [3.63, 3.8) is 0 Å². The van der Waals surface area contributed by atoms with Gasteiger partial charge in [-0.25, -0.2) is 0 Å². The number of morpholine rings is 1. The van der Waals surface area contributed by atoms with Crippen LogP contribution in [0.5, 0.6) is 5.75 Å². The van der Waals surface area contributed by atoms with Crippen LogP contribution in [-0.4, -0.2) is 72.5 Å². The van der Waals surface area contributed by atoms with Crippen LogP contribution in [0.3, 0.4) is 0 Å². The number of hydrogen-bond donors (Lipinski definition) is 0. The van der Waals surface area contributed by atoms with Gasteiger partial charge in [0.1, 0.15) is 24.5 Å². The predicted molar refractivity (Wildman–Crippen MR) is 116 cm³/mol. The Labute approximate surface area is 183 Å². The molecule has 1 aliphatic heterocycles. The average Bonchev–Trinajstić information content (AvgIpc) is 3.04. The molecule has 31 heavy (non-hydrogen) atoms. The number of esters is 1. The van der Waals surface area contributed by atoms with Crippen molar-refractivity contribution in [1.29, 1.82) is 0 Å². The molecule has 1 fully saturated rings. The zero-order valence-electron chi connectivity index (χ0n) is 18.6. The van der Waals surface area contributed by atoms with Crippen LogP contribution in [0.15, 0.2) is 24.3 Å². The van der Waals surface area contributed by atoms with E-state index in [1.807, 2.05) is 31.2 Å². The van der Waals surface area contributed by atoms with Crippen molar-refractivity contribution in [2.45, 2.75) is 26.7 Å². The van der Waals surface area contributed by atoms with Gasteiger partial charge in [-0.2, -0.15) is 5.10 Å². The quantitative estimate of drug-likeness (QED) is 0.325. The average molecular weight is 430 g/mol. The Kier molecular flexibility index (Phi) is 8.20. The van der Waals surface area contributed by atoms with Gasteiger partial charge < -0.3 is 14.2 Å². The van der Waals surface area contributed by atoms with Crippen LogP contribution in [-0.2, 0) is 27.7 Å². The van der Waals surface area contributed by atoms with Crippen molar-refractivity contribution in [2.24, 2.45) is 7.05 Å². The topological polar surface area (TPSA) is 82.9 Å². The van der Waals surface area contributed by atoms with E-state index in [4.69, 9.17) is 14.2 Å². The molecule has 0 aliphatic carbocycles. The molecular formula is C23H31N3O5. The number of benzene rings is 1. The van der Waals surface area contributed by atoms with Crippen molar-refractivity contribution in [1.82, 2.24) is 14.7 Å². The third-order valence-electron chi connectivity index (χ3n) is 5.44. The van der Waals surface area contributed by atoms with E-state index in [-0.39, 0.29) is 18.8 Å². The first-order valence-corrected chi connectivity index (χ1v) is 10.7. The van der Waals surface area contributed by atoms with Crippen LogP contribution in [0.25, 0.3) is 0 Å². The SMILES string of the molecule is CCOC(=O)CC(=O)c1nn(C)c(C)c1Cc1ccccc1OCCN1CCOCC1. The van der Waals surface area contributed by atoms with Crippen molar-refractivity contribution in [2.75, 3.05) is 46.1 Å². The zero-order valence-corrected chi connectivity index (χ0v) is 18.6. The van der Waals surface area contributed by atoms with Crippen LogP contribution in [0.2, 0.25) is 0 Å². The molecule has 8 nitrogen and oxygen atoms in total. The summed E-state index contributed by atoms with van der Waals surface area (Å²) in [4.78, 5) is 26.8. The summed E-state index contributed by atoms with van der Waals surface area (Å²) in [7, 11) is 1.80. The minimum Gasteiger partial charge on any atom is -0.492 e. The minimum atomic E-state index is -0.534. The molecule has 0 atom stereocenters. The summed E-state index contributed by atoms with van der Waals surface area (Å²) in [5, 5.41) is 4.37. The van der Waals surface area contributed by atoms with Gasteiger partial charge in [-0.1, -0.05) is 18.2 Å². The Balaban J connectivity index is 1.72. The highest BCUT2D eigenvalue weighted by Crippen LogP contribution is 2.25. The number of hydrogen-bond acceptors (Lipinski definition) is 7. The largest absolute Gasteiger partial charge is 0.492 e. The molecule has 2 aromatic rings. The summed E-state index contributed by atoms with van der Waals surface area (Å²) in [6.45, 7) is 8.68. The Morgan fingerprint density at radius 2 is 1.94 bits per heavy atom. The predicted octanol–water partition coefficient (Wildman–Crippen LogP) is 2.17. The van der Waals surface area contributed by atoms with Crippen molar-refractivity contribution in [3.05, 3.63) is 46.8 Å². The van der Waals surface area contributed by atoms with Crippen LogP contribution in [0.1, 0.15) is 40.7 Å². The van der Waals surface area contributed by atoms with Gasteiger partial charge in [0.05, 0.1) is 19.8 Å². The van der Waals surface area contributed by atoms with E-state index in [1.54, 1.807) is 18.7 Å². The van der Waals surface area contributed by atoms with Gasteiger partial charge in [0, 0.05) is 44.4 Å². The number of aromatic nitrogens is 2. The summed E-state index contributed by atoms with van der Waals surface area (Å²) in [5.41, 5.74) is 2.98. The Hall–Kier alpha value is -2.71. The lowest BCUT2D eigenvalue weighted by molar-refractivity contribution is -0.141. The van der Waals surface area contributed by atoms with E-state index in [2.05, 4.69) is 10.00 Å². The summed E-state index contributed by atoms with van der Waals surface area (Å²) >= 11 is 0. The maximum atomic E-state index is 12.7. The van der Waals surface area contributed by atoms with Gasteiger partial charge >= 0.3 is 5.97 Å². The second kappa shape index (κ2) is 11.1. The van der Waals surface area contributed by atoms with Gasteiger partial charge in [0.2, 0.25) is 0 Å². The molecule has 0 N–H and O–H groups in total. The molecule has 1 aromatic heterocycles. The fourth-order valence-corrected chi connectivity index (χ4v) is 3.61. The molecule has 0 unspecified atom stereocenters. The first kappa shape index (κ1) is 23.0. The number of rotatable bonds is 10. The molecule has 1 aromatic carbocycles. The third kappa shape index (κ3) is 6.15. The second-order valence-electron chi connectivity index (χ2n) is 7.53. The van der Waals surface area contributed by atoms with Gasteiger partial charge in [0.15, 0.2) is 5.78 Å². The van der Waals surface area contributed by atoms with E-state index in [1.165, 1.54) is 0 Å². The molecule has 8 heteroatoms. The Bertz CT molecular complexity index is 903. The molecule has 168 valence electrons. The lowest BCUT2D eigenvalue weighted by Gasteiger charge is -2.26. The monoisotopic (exact) mass is 429 g/mol. The van der Waals surface area contributed by atoms with Gasteiger partial charge in [-0.3, -0.25) is 19.2 Å². The highest BCUT2D eigenvalue weighted by molar-refractivity contribution is 6.05. The minimum absolute atomic E-state index is 0.245. The molecule has 0 saturated carbocycles. The van der Waals surface area contributed by atoms with Gasteiger partial charge in [0.25, 0.3) is 0 Å². The van der Waals surface area contributed by atoms with Crippen LogP contribution >= 0.6 is 0 Å². The summed E-state index contributed by atoms with van der Waals surface area (Å²) in [5.74, 6) is -0.0701. The van der Waals surface area contributed by atoms with E-state index >= 15 is 0 Å². The number of nitrogens with zero attached hydrogens (tertiary/aromatic N) is 3. The van der Waals surface area contributed by atoms with Crippen LogP contribution in [0, 0.1) is 6.92 Å². The summed E-state index contributed by atoms with van der Waals surface area (Å²) in [6, 6.07) is 7.84. The smallest absolute Gasteiger partial charge is 0.313 e. The number of aryl methyl sites for hydroxylation is 1. The van der Waals surface area contributed by atoms with Crippen LogP contribution in [0.4, 0.5) is 0 Å². The third-order valence-corrected chi connectivity index (χ3v) is 5.44. The molecule has 0 radical (unpaired) electrons. The standard InChI is InChI=1S/C23H31N3O5/c1-4-30-22(28)16-20(27)23-19(17(2)25(3)24-23)15-18-7-5-6-8-21(18)31-14-11-26-9-12-29-13-10-26/h5-8H,4,9-16H2,1-3H3. The zero-order chi connectivity index (χ0) is 22.2. The summed E-state index contributed by atoms with van der Waals surface area (Å²) in [6.07, 6.45) is 0.187. The van der Waals surface area contributed by atoms with E-state index in [0.29, 0.717) is 18.7 Å². The first-order valence-electron chi connectivity index (χ1n) is 10.7. The first-order chi connectivity index (χ1) is 15.0. The summed E-state index contributed by atoms with van der Waals surface area (Å²) < 4.78 is 18.1. The lowest BCUT2D eigenvalue weighted by atomic mass is 9.99. The molecule has 0 bridgehead atoms. The number of Topliss-reactive ketones (excluding diaryl/α,β-unsaturated/α-hetero) is 1. The van der Waals surface area contributed by atoms with Crippen molar-refractivity contribution in [3.8, 4) is 5.75 Å². The van der Waals surface area contributed by atoms with Gasteiger partial charge in [-0.05, 0) is 25.5 Å². The number of carbonyl (C=O) groups is 2. The number of para-hydroxylation sites is 1. The fourth-order valence-electron chi connectivity index (χ4n) is 3.61. The molecule has 0 spiro atoms. The molecule has 0 amide bonds.